The number of carboxylic acids is 1. The topological polar surface area (TPSA) is 238 Å². The van der Waals surface area contributed by atoms with Gasteiger partial charge in [-0.15, -0.1) is 10.2 Å². The minimum Gasteiger partial charge on any atom is -0.507 e. The summed E-state index contributed by atoms with van der Waals surface area (Å²) in [4.78, 5) is 10.7. The van der Waals surface area contributed by atoms with E-state index in [1.54, 1.807) is 43.3 Å². The number of carboxylic acid groups (broad SMARTS) is 1. The summed E-state index contributed by atoms with van der Waals surface area (Å²) in [5, 5.41) is 42.9. The van der Waals surface area contributed by atoms with Crippen LogP contribution in [0.2, 0.25) is 0 Å². The zero-order chi connectivity index (χ0) is 30.6. The molecule has 15 heteroatoms. The molecule has 4 aromatic rings. The van der Waals surface area contributed by atoms with Crippen LogP contribution in [0.5, 0.6) is 5.75 Å². The smallest absolute Gasteiger partial charge is 0.339 e. The van der Waals surface area contributed by atoms with Crippen molar-refractivity contribution in [2.45, 2.75) is 18.7 Å². The van der Waals surface area contributed by atoms with Gasteiger partial charge in [-0.3, -0.25) is 4.55 Å². The molecule has 0 saturated heterocycles. The number of nitrogens with two attached hydrogens (primary N) is 2. The molecule has 0 aromatic heterocycles. The summed E-state index contributed by atoms with van der Waals surface area (Å²) in [7, 11) is -4.72. The number of aromatic carboxylic acids is 1. The van der Waals surface area contributed by atoms with Crippen LogP contribution in [0, 0.1) is 13.8 Å². The van der Waals surface area contributed by atoms with Gasteiger partial charge in [0.1, 0.15) is 27.6 Å². The summed E-state index contributed by atoms with van der Waals surface area (Å²) in [5.74, 6) is -1.69. The monoisotopic (exact) mass is 588 g/mol. The second-order valence-corrected chi connectivity index (χ2v) is 10.3. The van der Waals surface area contributed by atoms with Gasteiger partial charge in [-0.1, -0.05) is 0 Å². The van der Waals surface area contributed by atoms with Crippen molar-refractivity contribution in [1.29, 1.82) is 0 Å². The van der Waals surface area contributed by atoms with Gasteiger partial charge in [0.25, 0.3) is 10.1 Å². The highest BCUT2D eigenvalue weighted by Gasteiger charge is 2.21. The number of hydrogen-bond donors (Lipinski definition) is 5. The predicted octanol–water partition coefficient (Wildman–Crippen LogP) is 7.36. The zero-order valence-corrected chi connectivity index (χ0v) is 23.0. The fourth-order valence-corrected chi connectivity index (χ4v) is 4.54. The van der Waals surface area contributed by atoms with Crippen molar-refractivity contribution in [3.8, 4) is 5.75 Å². The Bertz CT molecular complexity index is 1890. The van der Waals surface area contributed by atoms with E-state index in [0.717, 1.165) is 5.56 Å². The van der Waals surface area contributed by atoms with Crippen LogP contribution in [-0.2, 0) is 10.1 Å². The molecule has 0 aliphatic heterocycles. The van der Waals surface area contributed by atoms with Crippen LogP contribution in [-0.4, -0.2) is 29.2 Å². The Morgan fingerprint density at radius 3 is 1.83 bits per heavy atom. The number of aryl methyl sites for hydroxylation is 1. The zero-order valence-electron chi connectivity index (χ0n) is 22.2. The molecule has 7 N–H and O–H groups in total. The number of anilines is 2. The van der Waals surface area contributed by atoms with Crippen molar-refractivity contribution in [1.82, 2.24) is 0 Å². The number of phenols is 1. The standard InChI is InChI=1S/C27H24N8O6S/c1-14-11-24(21(29)13-20(14)28)35-33-22-8-9-23(26(15(22)2)42(39,40)41)34-31-17-5-3-16(4-6-17)30-32-18-7-10-25(36)19(12-18)27(37)38/h3-13,36H,28-29H2,1-2H3,(H,37,38)(H,39,40,41). The number of carbonyl (C=O) groups is 1. The van der Waals surface area contributed by atoms with Gasteiger partial charge in [0.15, 0.2) is 0 Å². The van der Waals surface area contributed by atoms with E-state index in [-0.39, 0.29) is 33.9 Å². The fourth-order valence-electron chi connectivity index (χ4n) is 3.67. The van der Waals surface area contributed by atoms with Gasteiger partial charge in [-0.2, -0.15) is 28.9 Å². The first-order valence-corrected chi connectivity index (χ1v) is 13.5. The highest BCUT2D eigenvalue weighted by Crippen LogP contribution is 2.37. The van der Waals surface area contributed by atoms with Crippen LogP contribution in [0.3, 0.4) is 0 Å². The molecule has 4 aromatic carbocycles. The molecule has 0 unspecified atom stereocenters. The Morgan fingerprint density at radius 1 is 0.690 bits per heavy atom. The molecule has 0 amide bonds. The first-order chi connectivity index (χ1) is 19.8. The van der Waals surface area contributed by atoms with Gasteiger partial charge in [0, 0.05) is 5.69 Å². The molecule has 0 saturated carbocycles. The van der Waals surface area contributed by atoms with Gasteiger partial charge in [-0.05, 0) is 91.7 Å². The van der Waals surface area contributed by atoms with E-state index in [2.05, 4.69) is 30.7 Å². The van der Waals surface area contributed by atoms with Gasteiger partial charge in [0.2, 0.25) is 0 Å². The Labute approximate surface area is 239 Å². The summed E-state index contributed by atoms with van der Waals surface area (Å²) < 4.78 is 34.4. The number of rotatable bonds is 8. The number of hydrogen-bond acceptors (Lipinski definition) is 12. The van der Waals surface area contributed by atoms with Crippen molar-refractivity contribution in [3.63, 3.8) is 0 Å². The van der Waals surface area contributed by atoms with Crippen LogP contribution < -0.4 is 11.5 Å². The number of benzene rings is 4. The molecule has 0 aliphatic rings. The van der Waals surface area contributed by atoms with Crippen molar-refractivity contribution >= 4 is 61.6 Å². The molecule has 0 bridgehead atoms. The Balaban J connectivity index is 1.57. The highest BCUT2D eigenvalue weighted by molar-refractivity contribution is 7.86. The van der Waals surface area contributed by atoms with E-state index in [9.17, 15) is 22.9 Å². The Kier molecular flexibility index (Phi) is 8.35. The largest absolute Gasteiger partial charge is 0.507 e. The maximum atomic E-state index is 12.2. The molecule has 0 atom stereocenters. The number of aromatic hydroxyl groups is 1. The molecule has 0 fully saturated rings. The maximum Gasteiger partial charge on any atom is 0.339 e. The fraction of sp³-hybridized carbons (Fsp3) is 0.0741. The van der Waals surface area contributed by atoms with Crippen LogP contribution in [0.15, 0.2) is 102 Å². The SMILES string of the molecule is Cc1cc(N=Nc2ccc(N=Nc3ccc(N=Nc4ccc(O)c(C(=O)O)c4)cc3)c(S(=O)(=O)O)c2C)c(N)cc1N. The van der Waals surface area contributed by atoms with Crippen molar-refractivity contribution in [2.24, 2.45) is 30.7 Å². The van der Waals surface area contributed by atoms with E-state index in [4.69, 9.17) is 16.6 Å². The normalized spacial score (nSPS) is 12.1. The summed E-state index contributed by atoms with van der Waals surface area (Å²) in [6.45, 7) is 3.23. The Morgan fingerprint density at radius 2 is 1.21 bits per heavy atom. The van der Waals surface area contributed by atoms with Gasteiger partial charge in [-0.25, -0.2) is 4.79 Å². The second kappa shape index (κ2) is 11.9. The minimum absolute atomic E-state index is 0.0967. The lowest BCUT2D eigenvalue weighted by atomic mass is 10.1. The molecular formula is C27H24N8O6S. The third-order valence-corrected chi connectivity index (χ3v) is 6.94. The van der Waals surface area contributed by atoms with Crippen LogP contribution >= 0.6 is 0 Å². The van der Waals surface area contributed by atoms with E-state index in [1.807, 2.05) is 0 Å². The Hall–Kier alpha value is -5.54. The van der Waals surface area contributed by atoms with Crippen molar-refractivity contribution in [3.05, 3.63) is 83.4 Å². The van der Waals surface area contributed by atoms with Crippen molar-refractivity contribution in [2.75, 3.05) is 11.5 Å². The van der Waals surface area contributed by atoms with Crippen LogP contribution in [0.4, 0.5) is 45.5 Å². The lowest BCUT2D eigenvalue weighted by Crippen LogP contribution is -2.01. The average Bonchev–Trinajstić information content (AvgIpc) is 2.93. The molecule has 0 radical (unpaired) electrons. The number of azo groups is 3. The molecule has 0 heterocycles. The van der Waals surface area contributed by atoms with Gasteiger partial charge in [0.05, 0.1) is 28.4 Å². The first kappa shape index (κ1) is 29.4. The quantitative estimate of drug-likeness (QED) is 0.0788. The average molecular weight is 589 g/mol. The maximum absolute atomic E-state index is 12.2. The lowest BCUT2D eigenvalue weighted by molar-refractivity contribution is 0.0693. The van der Waals surface area contributed by atoms with E-state index < -0.39 is 21.0 Å². The molecule has 42 heavy (non-hydrogen) atoms. The molecule has 0 aliphatic carbocycles. The highest BCUT2D eigenvalue weighted by atomic mass is 32.2. The lowest BCUT2D eigenvalue weighted by Gasteiger charge is -2.09. The van der Waals surface area contributed by atoms with E-state index in [0.29, 0.717) is 28.4 Å². The molecule has 214 valence electrons. The predicted molar refractivity (Wildman–Crippen MR) is 155 cm³/mol. The third-order valence-electron chi connectivity index (χ3n) is 5.91. The summed E-state index contributed by atoms with van der Waals surface area (Å²) in [5.41, 5.74) is 14.4. The van der Waals surface area contributed by atoms with Gasteiger partial charge < -0.3 is 21.7 Å². The summed E-state index contributed by atoms with van der Waals surface area (Å²) in [6, 6.07) is 16.0. The number of nitrogens with zero attached hydrogens (tertiary/aromatic N) is 6. The van der Waals surface area contributed by atoms with E-state index >= 15 is 0 Å². The second-order valence-electron chi connectivity index (χ2n) is 8.92. The first-order valence-electron chi connectivity index (χ1n) is 12.0. The molecular weight excluding hydrogens is 564 g/mol. The summed E-state index contributed by atoms with van der Waals surface area (Å²) in [6.07, 6.45) is 0. The summed E-state index contributed by atoms with van der Waals surface area (Å²) >= 11 is 0. The third kappa shape index (κ3) is 6.78. The molecule has 4 rings (SSSR count). The van der Waals surface area contributed by atoms with Crippen molar-refractivity contribution < 1.29 is 28.0 Å². The van der Waals surface area contributed by atoms with E-state index in [1.165, 1.54) is 37.3 Å². The van der Waals surface area contributed by atoms with Crippen LogP contribution in [0.1, 0.15) is 21.5 Å². The minimum atomic E-state index is -4.72. The molecule has 14 nitrogen and oxygen atoms in total. The van der Waals surface area contributed by atoms with Gasteiger partial charge >= 0.3 is 5.97 Å². The number of nitrogen functional groups attached to an aromatic ring is 2. The van der Waals surface area contributed by atoms with Crippen LogP contribution in [0.25, 0.3) is 0 Å². The molecule has 0 spiro atoms.